The van der Waals surface area contributed by atoms with Gasteiger partial charge in [-0.1, -0.05) is 48.9 Å². The minimum Gasteiger partial charge on any atom is -0.497 e. The van der Waals surface area contributed by atoms with E-state index in [9.17, 15) is 14.4 Å². The molecule has 0 fully saturated rings. The number of alkyl carbamates (subject to hydrolysis) is 1. The molecule has 0 spiro atoms. The molecule has 8 heteroatoms. The molecule has 8 nitrogen and oxygen atoms in total. The molecule has 0 saturated heterocycles. The Hall–Kier alpha value is -4.59. The Bertz CT molecular complexity index is 1430. The number of amides is 1. The molecule has 1 amide bonds. The van der Waals surface area contributed by atoms with Crippen molar-refractivity contribution in [2.24, 2.45) is 0 Å². The van der Waals surface area contributed by atoms with Gasteiger partial charge in [0.15, 0.2) is 0 Å². The highest BCUT2D eigenvalue weighted by Crippen LogP contribution is 2.30. The molecule has 196 valence electrons. The second-order valence-electron chi connectivity index (χ2n) is 8.64. The van der Waals surface area contributed by atoms with Gasteiger partial charge in [0.25, 0.3) is 0 Å². The molecule has 1 heterocycles. The molecule has 38 heavy (non-hydrogen) atoms. The highest BCUT2D eigenvalue weighted by molar-refractivity contribution is 5.94. The molecule has 1 N–H and O–H groups in total. The van der Waals surface area contributed by atoms with Crippen LogP contribution in [0.1, 0.15) is 31.2 Å². The van der Waals surface area contributed by atoms with E-state index in [2.05, 4.69) is 5.32 Å². The number of hydrogen-bond donors (Lipinski definition) is 1. The van der Waals surface area contributed by atoms with Crippen molar-refractivity contribution in [2.75, 3.05) is 13.7 Å². The van der Waals surface area contributed by atoms with Crippen molar-refractivity contribution in [3.8, 4) is 22.6 Å². The average Bonchev–Trinajstić information content (AvgIpc) is 2.93. The summed E-state index contributed by atoms with van der Waals surface area (Å²) >= 11 is 0. The summed E-state index contributed by atoms with van der Waals surface area (Å²) in [4.78, 5) is 36.2. The lowest BCUT2D eigenvalue weighted by Crippen LogP contribution is -2.25. The topological polar surface area (TPSA) is 104 Å². The summed E-state index contributed by atoms with van der Waals surface area (Å²) in [6.07, 6.45) is 1.83. The van der Waals surface area contributed by atoms with Crippen LogP contribution in [-0.4, -0.2) is 25.7 Å². The fourth-order valence-electron chi connectivity index (χ4n) is 3.93. The Morgan fingerprint density at radius 3 is 2.39 bits per heavy atom. The number of ether oxygens (including phenoxy) is 3. The summed E-state index contributed by atoms with van der Waals surface area (Å²) in [5.74, 6) is 0.640. The second kappa shape index (κ2) is 13.1. The number of benzene rings is 3. The minimum absolute atomic E-state index is 0.222. The fraction of sp³-hybridized carbons (Fsp3) is 0.233. The zero-order valence-corrected chi connectivity index (χ0v) is 21.1. The number of unbranched alkanes of at least 4 members (excludes halogenated alkanes) is 2. The molecule has 0 aliphatic carbocycles. The Kier molecular flexibility index (Phi) is 9.12. The van der Waals surface area contributed by atoms with Crippen LogP contribution < -0.4 is 20.4 Å². The zero-order valence-electron chi connectivity index (χ0n) is 21.1. The van der Waals surface area contributed by atoms with Crippen molar-refractivity contribution in [2.45, 2.75) is 32.3 Å². The van der Waals surface area contributed by atoms with Crippen molar-refractivity contribution in [1.82, 2.24) is 5.32 Å². The third kappa shape index (κ3) is 7.46. The van der Waals surface area contributed by atoms with E-state index in [1.54, 1.807) is 25.3 Å². The lowest BCUT2D eigenvalue weighted by Gasteiger charge is -2.09. The lowest BCUT2D eigenvalue weighted by atomic mass is 10.0. The molecule has 0 aliphatic rings. The quantitative estimate of drug-likeness (QED) is 0.115. The molecular formula is C30H29NO7. The average molecular weight is 516 g/mol. The SMILES string of the molecule is COc1ccc(-c2cc(=O)oc3cc(OC(=O)CCCCCNC(=O)OCc4ccccc4)ccc23)cc1. The molecule has 0 atom stereocenters. The maximum absolute atomic E-state index is 12.3. The number of rotatable bonds is 11. The van der Waals surface area contributed by atoms with Gasteiger partial charge < -0.3 is 23.9 Å². The number of methoxy groups -OCH3 is 1. The smallest absolute Gasteiger partial charge is 0.407 e. The molecule has 0 unspecified atom stereocenters. The van der Waals surface area contributed by atoms with E-state index < -0.39 is 11.7 Å². The fourth-order valence-corrected chi connectivity index (χ4v) is 3.93. The first-order valence-corrected chi connectivity index (χ1v) is 12.4. The predicted molar refractivity (Wildman–Crippen MR) is 143 cm³/mol. The highest BCUT2D eigenvalue weighted by Gasteiger charge is 2.12. The van der Waals surface area contributed by atoms with Crippen LogP contribution in [0.4, 0.5) is 4.79 Å². The van der Waals surface area contributed by atoms with E-state index >= 15 is 0 Å². The van der Waals surface area contributed by atoms with Gasteiger partial charge in [0, 0.05) is 30.5 Å². The van der Waals surface area contributed by atoms with Crippen LogP contribution >= 0.6 is 0 Å². The Balaban J connectivity index is 1.22. The third-order valence-electron chi connectivity index (χ3n) is 5.89. The standard InChI is InChI=1S/C30H29NO7/c1-35-23-13-11-22(12-14-23)26-19-29(33)38-27-18-24(15-16-25(26)27)37-28(32)10-6-3-7-17-31-30(34)36-20-21-8-4-2-5-9-21/h2,4-5,8-9,11-16,18-19H,3,6-7,10,17,20H2,1H3,(H,31,34). The number of fused-ring (bicyclic) bond motifs is 1. The van der Waals surface area contributed by atoms with Gasteiger partial charge >= 0.3 is 17.7 Å². The second-order valence-corrected chi connectivity index (χ2v) is 8.64. The Morgan fingerprint density at radius 1 is 0.868 bits per heavy atom. The Morgan fingerprint density at radius 2 is 1.63 bits per heavy atom. The van der Waals surface area contributed by atoms with Gasteiger partial charge in [0.05, 0.1) is 7.11 Å². The first kappa shape index (κ1) is 26.5. The minimum atomic E-state index is -0.496. The summed E-state index contributed by atoms with van der Waals surface area (Å²) < 4.78 is 21.2. The van der Waals surface area contributed by atoms with Crippen molar-refractivity contribution in [3.05, 3.63) is 94.8 Å². The summed E-state index contributed by atoms with van der Waals surface area (Å²) in [7, 11) is 1.59. The molecule has 0 aliphatic heterocycles. The third-order valence-corrected chi connectivity index (χ3v) is 5.89. The van der Waals surface area contributed by atoms with E-state index in [0.29, 0.717) is 42.0 Å². The van der Waals surface area contributed by atoms with Crippen LogP contribution in [-0.2, 0) is 16.1 Å². The van der Waals surface area contributed by atoms with E-state index in [0.717, 1.165) is 22.9 Å². The molecule has 4 aromatic rings. The van der Waals surface area contributed by atoms with Gasteiger partial charge in [-0.05, 0) is 53.8 Å². The zero-order chi connectivity index (χ0) is 26.7. The Labute approximate surface area is 220 Å². The monoisotopic (exact) mass is 515 g/mol. The van der Waals surface area contributed by atoms with Gasteiger partial charge in [-0.15, -0.1) is 0 Å². The van der Waals surface area contributed by atoms with Crippen LogP contribution in [0.3, 0.4) is 0 Å². The van der Waals surface area contributed by atoms with Gasteiger partial charge in [0.2, 0.25) is 0 Å². The number of hydrogen-bond acceptors (Lipinski definition) is 7. The van der Waals surface area contributed by atoms with Crippen molar-refractivity contribution < 1.29 is 28.2 Å². The molecular weight excluding hydrogens is 486 g/mol. The van der Waals surface area contributed by atoms with Crippen molar-refractivity contribution in [3.63, 3.8) is 0 Å². The maximum atomic E-state index is 12.3. The molecule has 0 saturated carbocycles. The number of carbonyl (C=O) groups is 2. The molecule has 0 radical (unpaired) electrons. The van der Waals surface area contributed by atoms with Crippen LogP contribution in [0.15, 0.2) is 88.1 Å². The largest absolute Gasteiger partial charge is 0.497 e. The summed E-state index contributed by atoms with van der Waals surface area (Å²) in [6, 6.07) is 23.3. The van der Waals surface area contributed by atoms with Crippen LogP contribution in [0.5, 0.6) is 11.5 Å². The van der Waals surface area contributed by atoms with Gasteiger partial charge in [0.1, 0.15) is 23.7 Å². The first-order chi connectivity index (χ1) is 18.5. The van der Waals surface area contributed by atoms with E-state index in [4.69, 9.17) is 18.6 Å². The van der Waals surface area contributed by atoms with Crippen LogP contribution in [0.2, 0.25) is 0 Å². The summed E-state index contributed by atoms with van der Waals surface area (Å²) in [6.45, 7) is 0.683. The normalized spacial score (nSPS) is 10.7. The van der Waals surface area contributed by atoms with Crippen LogP contribution in [0.25, 0.3) is 22.1 Å². The number of nitrogens with one attached hydrogen (secondary N) is 1. The van der Waals surface area contributed by atoms with E-state index in [1.807, 2.05) is 54.6 Å². The highest BCUT2D eigenvalue weighted by atomic mass is 16.5. The molecule has 4 rings (SSSR count). The van der Waals surface area contributed by atoms with E-state index in [1.165, 1.54) is 6.07 Å². The maximum Gasteiger partial charge on any atom is 0.407 e. The molecule has 3 aromatic carbocycles. The van der Waals surface area contributed by atoms with Gasteiger partial charge in [-0.2, -0.15) is 0 Å². The number of carbonyl (C=O) groups excluding carboxylic acids is 2. The first-order valence-electron chi connectivity index (χ1n) is 12.4. The lowest BCUT2D eigenvalue weighted by molar-refractivity contribution is -0.134. The van der Waals surface area contributed by atoms with E-state index in [-0.39, 0.29) is 19.0 Å². The van der Waals surface area contributed by atoms with Crippen LogP contribution in [0, 0.1) is 0 Å². The summed E-state index contributed by atoms with van der Waals surface area (Å²) in [5, 5.41) is 3.43. The van der Waals surface area contributed by atoms with Gasteiger partial charge in [-0.25, -0.2) is 9.59 Å². The number of esters is 1. The van der Waals surface area contributed by atoms with Crippen molar-refractivity contribution in [1.29, 1.82) is 0 Å². The molecule has 1 aromatic heterocycles. The predicted octanol–water partition coefficient (Wildman–Crippen LogP) is 5.86. The molecule has 0 bridgehead atoms. The summed E-state index contributed by atoms with van der Waals surface area (Å²) in [5.41, 5.74) is 2.32. The van der Waals surface area contributed by atoms with Gasteiger partial charge in [-0.3, -0.25) is 4.79 Å². The van der Waals surface area contributed by atoms with Crippen molar-refractivity contribution >= 4 is 23.0 Å².